The van der Waals surface area contributed by atoms with Crippen molar-refractivity contribution < 1.29 is 14.6 Å². The summed E-state index contributed by atoms with van der Waals surface area (Å²) >= 11 is 0. The van der Waals surface area contributed by atoms with Crippen LogP contribution in [0.4, 0.5) is 0 Å². The minimum absolute atomic E-state index is 0.0181. The van der Waals surface area contributed by atoms with Gasteiger partial charge in [-0.15, -0.1) is 0 Å². The summed E-state index contributed by atoms with van der Waals surface area (Å²) in [6.45, 7) is 10.8. The Morgan fingerprint density at radius 2 is 1.89 bits per heavy atom. The Hall–Kier alpha value is -2.12. The lowest BCUT2D eigenvalue weighted by molar-refractivity contribution is -0.121. The molecule has 152 valence electrons. The molecule has 1 rings (SSSR count). The fraction of sp³-hybridized carbons (Fsp3) is 0.600. The van der Waals surface area contributed by atoms with Gasteiger partial charge >= 0.3 is 0 Å². The van der Waals surface area contributed by atoms with Crippen LogP contribution in [0.25, 0.3) is 0 Å². The smallest absolute Gasteiger partial charge is 0.242 e. The van der Waals surface area contributed by atoms with Gasteiger partial charge in [0.25, 0.3) is 0 Å². The van der Waals surface area contributed by atoms with Crippen molar-refractivity contribution in [2.24, 2.45) is 4.99 Å². The largest absolute Gasteiger partial charge is 0.389 e. The molecule has 1 aromatic rings. The average Bonchev–Trinajstić information content (AvgIpc) is 2.61. The summed E-state index contributed by atoms with van der Waals surface area (Å²) in [7, 11) is 0. The molecule has 1 amide bonds. The normalized spacial score (nSPS) is 14.4. The molecule has 0 aromatic heterocycles. The highest BCUT2D eigenvalue weighted by atomic mass is 16.5. The first kappa shape index (κ1) is 22.9. The summed E-state index contributed by atoms with van der Waals surface area (Å²) in [6.07, 6.45) is -0.785. The minimum Gasteiger partial charge on any atom is -0.389 e. The van der Waals surface area contributed by atoms with Crippen LogP contribution in [0.5, 0.6) is 0 Å². The van der Waals surface area contributed by atoms with Crippen molar-refractivity contribution in [2.45, 2.75) is 52.4 Å². The maximum atomic E-state index is 11.9. The van der Waals surface area contributed by atoms with E-state index in [0.29, 0.717) is 12.5 Å². The molecule has 7 nitrogen and oxygen atoms in total. The van der Waals surface area contributed by atoms with Gasteiger partial charge < -0.3 is 25.8 Å². The Bertz CT molecular complexity index is 585. The van der Waals surface area contributed by atoms with Crippen LogP contribution in [0.2, 0.25) is 0 Å². The Morgan fingerprint density at radius 3 is 2.48 bits per heavy atom. The molecule has 27 heavy (non-hydrogen) atoms. The first-order valence-electron chi connectivity index (χ1n) is 9.39. The third-order valence-electron chi connectivity index (χ3n) is 3.55. The topological polar surface area (TPSA) is 95.0 Å². The van der Waals surface area contributed by atoms with Crippen molar-refractivity contribution in [3.63, 3.8) is 0 Å². The molecule has 2 unspecified atom stereocenters. The van der Waals surface area contributed by atoms with Crippen molar-refractivity contribution in [3.8, 4) is 0 Å². The number of carbonyl (C=O) groups is 1. The number of benzene rings is 1. The molecular formula is C20H34N4O3. The number of aliphatic hydroxyl groups excluding tert-OH is 1. The zero-order chi connectivity index (χ0) is 20.3. The Labute approximate surface area is 162 Å². The Morgan fingerprint density at radius 1 is 1.22 bits per heavy atom. The molecule has 0 heterocycles. The van der Waals surface area contributed by atoms with Crippen LogP contribution in [0.3, 0.4) is 0 Å². The van der Waals surface area contributed by atoms with E-state index >= 15 is 0 Å². The monoisotopic (exact) mass is 378 g/mol. The number of carbonyl (C=O) groups excluding carboxylic acids is 1. The molecule has 0 saturated heterocycles. The van der Waals surface area contributed by atoms with Gasteiger partial charge in [-0.05, 0) is 40.2 Å². The van der Waals surface area contributed by atoms with Gasteiger partial charge in [-0.1, -0.05) is 30.3 Å². The van der Waals surface area contributed by atoms with Gasteiger partial charge in [0.05, 0.1) is 18.8 Å². The van der Waals surface area contributed by atoms with Crippen LogP contribution >= 0.6 is 0 Å². The lowest BCUT2D eigenvalue weighted by Crippen LogP contribution is -2.44. The van der Waals surface area contributed by atoms with Crippen molar-refractivity contribution in [1.82, 2.24) is 16.0 Å². The van der Waals surface area contributed by atoms with Gasteiger partial charge in [0, 0.05) is 18.6 Å². The van der Waals surface area contributed by atoms with E-state index in [1.807, 2.05) is 65.0 Å². The molecule has 0 radical (unpaired) electrons. The van der Waals surface area contributed by atoms with E-state index in [0.717, 1.165) is 5.56 Å². The summed E-state index contributed by atoms with van der Waals surface area (Å²) in [6, 6.07) is 9.87. The molecule has 0 aliphatic heterocycles. The van der Waals surface area contributed by atoms with E-state index in [4.69, 9.17) is 4.74 Å². The van der Waals surface area contributed by atoms with Crippen LogP contribution < -0.4 is 16.0 Å². The number of hydrogen-bond donors (Lipinski definition) is 4. The second kappa shape index (κ2) is 11.6. The van der Waals surface area contributed by atoms with E-state index < -0.39 is 6.10 Å². The Kier molecular flexibility index (Phi) is 9.82. The highest BCUT2D eigenvalue weighted by Crippen LogP contribution is 2.15. The molecule has 7 heteroatoms. The standard InChI is InChI=1S/C20H34N4O3/c1-6-21-19(23-13-18(26)24-20(3,4)5)22-12-17(25)14-27-15(2)16-10-8-7-9-11-16/h7-11,15,17,25H,6,12-14H2,1-5H3,(H,24,26)(H2,21,22,23). The molecule has 2 atom stereocenters. The summed E-state index contributed by atoms with van der Waals surface area (Å²) in [5, 5.41) is 19.1. The molecule has 1 aromatic carbocycles. The summed E-state index contributed by atoms with van der Waals surface area (Å²) in [5.74, 6) is 0.331. The van der Waals surface area contributed by atoms with Gasteiger partial charge in [-0.25, -0.2) is 4.99 Å². The lowest BCUT2D eigenvalue weighted by atomic mass is 10.1. The maximum absolute atomic E-state index is 11.9. The number of guanidine groups is 1. The quantitative estimate of drug-likeness (QED) is 0.387. The zero-order valence-electron chi connectivity index (χ0n) is 17.1. The number of aliphatic imine (C=N–C) groups is 1. The molecule has 0 bridgehead atoms. The van der Waals surface area contributed by atoms with Crippen molar-refractivity contribution in [1.29, 1.82) is 0 Å². The van der Waals surface area contributed by atoms with Crippen molar-refractivity contribution in [3.05, 3.63) is 35.9 Å². The predicted octanol–water partition coefficient (Wildman–Crippen LogP) is 1.59. The van der Waals surface area contributed by atoms with Gasteiger partial charge in [0.2, 0.25) is 5.91 Å². The number of ether oxygens (including phenoxy) is 1. The lowest BCUT2D eigenvalue weighted by Gasteiger charge is -2.20. The third-order valence-corrected chi connectivity index (χ3v) is 3.55. The van der Waals surface area contributed by atoms with Crippen LogP contribution in [-0.2, 0) is 9.53 Å². The number of nitrogens with one attached hydrogen (secondary N) is 3. The summed E-state index contributed by atoms with van der Waals surface area (Å²) in [4.78, 5) is 16.1. The fourth-order valence-corrected chi connectivity index (χ4v) is 2.30. The van der Waals surface area contributed by atoms with Crippen LogP contribution in [-0.4, -0.2) is 54.9 Å². The Balaban J connectivity index is 2.41. The highest BCUT2D eigenvalue weighted by Gasteiger charge is 2.14. The van der Waals surface area contributed by atoms with E-state index in [-0.39, 0.29) is 37.2 Å². The van der Waals surface area contributed by atoms with Crippen molar-refractivity contribution >= 4 is 11.9 Å². The minimum atomic E-state index is -0.691. The van der Waals surface area contributed by atoms with Crippen LogP contribution in [0.1, 0.15) is 46.3 Å². The van der Waals surface area contributed by atoms with E-state index in [1.165, 1.54) is 0 Å². The molecule has 0 spiro atoms. The number of aliphatic hydroxyl groups is 1. The highest BCUT2D eigenvalue weighted by molar-refractivity contribution is 5.85. The van der Waals surface area contributed by atoms with E-state index in [9.17, 15) is 9.90 Å². The van der Waals surface area contributed by atoms with Crippen molar-refractivity contribution in [2.75, 3.05) is 26.2 Å². The number of rotatable bonds is 9. The van der Waals surface area contributed by atoms with E-state index in [1.54, 1.807) is 0 Å². The molecule has 0 saturated carbocycles. The van der Waals surface area contributed by atoms with Gasteiger partial charge in [0.15, 0.2) is 5.96 Å². The molecule has 0 fully saturated rings. The first-order valence-corrected chi connectivity index (χ1v) is 9.39. The second-order valence-electron chi connectivity index (χ2n) is 7.41. The van der Waals surface area contributed by atoms with Crippen LogP contribution in [0, 0.1) is 0 Å². The third kappa shape index (κ3) is 10.6. The van der Waals surface area contributed by atoms with Gasteiger partial charge in [-0.2, -0.15) is 0 Å². The van der Waals surface area contributed by atoms with Crippen LogP contribution in [0.15, 0.2) is 35.3 Å². The molecule has 0 aliphatic carbocycles. The number of amides is 1. The number of hydrogen-bond acceptors (Lipinski definition) is 4. The second-order valence-corrected chi connectivity index (χ2v) is 7.41. The maximum Gasteiger partial charge on any atom is 0.242 e. The number of nitrogens with zero attached hydrogens (tertiary/aromatic N) is 1. The average molecular weight is 379 g/mol. The molecular weight excluding hydrogens is 344 g/mol. The van der Waals surface area contributed by atoms with Gasteiger partial charge in [0.1, 0.15) is 6.54 Å². The molecule has 0 aliphatic rings. The predicted molar refractivity (Wildman–Crippen MR) is 109 cm³/mol. The summed E-state index contributed by atoms with van der Waals surface area (Å²) in [5.41, 5.74) is 0.777. The van der Waals surface area contributed by atoms with Gasteiger partial charge in [-0.3, -0.25) is 4.79 Å². The molecule has 4 N–H and O–H groups in total. The SMILES string of the molecule is CCNC(=NCC(=O)NC(C)(C)C)NCC(O)COC(C)c1ccccc1. The van der Waals surface area contributed by atoms with E-state index in [2.05, 4.69) is 20.9 Å². The zero-order valence-corrected chi connectivity index (χ0v) is 17.1. The summed E-state index contributed by atoms with van der Waals surface area (Å²) < 4.78 is 5.72. The fourth-order valence-electron chi connectivity index (χ4n) is 2.30. The first-order chi connectivity index (χ1) is 12.7.